The molecule has 1 nitrogen and oxygen atoms in total. The Bertz CT molecular complexity index is 504. The predicted octanol–water partition coefficient (Wildman–Crippen LogP) is 3.55. The molecule has 0 amide bonds. The van der Waals surface area contributed by atoms with Crippen LogP contribution < -0.4 is 5.73 Å². The molecular formula is C13H14FNS. The van der Waals surface area contributed by atoms with Crippen molar-refractivity contribution in [1.29, 1.82) is 0 Å². The standard InChI is InChI=1S/C13H14FNS/c1-8-6-12(9(2)16-8)13(15)10-4-3-5-11(14)7-10/h3-7,13H,15H2,1-2H3. The van der Waals surface area contributed by atoms with Gasteiger partial charge in [-0.1, -0.05) is 12.1 Å². The van der Waals surface area contributed by atoms with E-state index in [1.807, 2.05) is 13.0 Å². The lowest BCUT2D eigenvalue weighted by Crippen LogP contribution is -2.12. The van der Waals surface area contributed by atoms with Crippen molar-refractivity contribution in [3.63, 3.8) is 0 Å². The van der Waals surface area contributed by atoms with Crippen LogP contribution in [0.3, 0.4) is 0 Å². The average molecular weight is 235 g/mol. The summed E-state index contributed by atoms with van der Waals surface area (Å²) < 4.78 is 13.1. The van der Waals surface area contributed by atoms with Crippen LogP contribution in [0.1, 0.15) is 26.9 Å². The molecule has 0 radical (unpaired) electrons. The SMILES string of the molecule is Cc1cc(C(N)c2cccc(F)c2)c(C)s1. The molecule has 16 heavy (non-hydrogen) atoms. The molecule has 84 valence electrons. The third-order valence-electron chi connectivity index (χ3n) is 2.62. The topological polar surface area (TPSA) is 26.0 Å². The lowest BCUT2D eigenvalue weighted by Gasteiger charge is -2.11. The third kappa shape index (κ3) is 2.15. The van der Waals surface area contributed by atoms with Crippen molar-refractivity contribution >= 4 is 11.3 Å². The Morgan fingerprint density at radius 1 is 1.25 bits per heavy atom. The van der Waals surface area contributed by atoms with Gasteiger partial charge in [0.15, 0.2) is 0 Å². The van der Waals surface area contributed by atoms with Gasteiger partial charge in [0.2, 0.25) is 0 Å². The highest BCUT2D eigenvalue weighted by Gasteiger charge is 2.13. The van der Waals surface area contributed by atoms with E-state index >= 15 is 0 Å². The summed E-state index contributed by atoms with van der Waals surface area (Å²) in [5.41, 5.74) is 8.05. The highest BCUT2D eigenvalue weighted by Crippen LogP contribution is 2.29. The van der Waals surface area contributed by atoms with Crippen LogP contribution >= 0.6 is 11.3 Å². The number of nitrogens with two attached hydrogens (primary N) is 1. The van der Waals surface area contributed by atoms with Crippen LogP contribution in [-0.2, 0) is 0 Å². The zero-order chi connectivity index (χ0) is 11.7. The van der Waals surface area contributed by atoms with Crippen LogP contribution in [-0.4, -0.2) is 0 Å². The Labute approximate surface area is 98.7 Å². The zero-order valence-electron chi connectivity index (χ0n) is 9.33. The highest BCUT2D eigenvalue weighted by atomic mass is 32.1. The molecule has 2 aromatic rings. The first-order valence-corrected chi connectivity index (χ1v) is 5.97. The van der Waals surface area contributed by atoms with E-state index in [1.165, 1.54) is 21.9 Å². The van der Waals surface area contributed by atoms with Crippen molar-refractivity contribution in [2.24, 2.45) is 5.73 Å². The largest absolute Gasteiger partial charge is 0.320 e. The van der Waals surface area contributed by atoms with Crippen molar-refractivity contribution in [3.05, 3.63) is 57.0 Å². The first kappa shape index (κ1) is 11.3. The summed E-state index contributed by atoms with van der Waals surface area (Å²) in [6.07, 6.45) is 0. The van der Waals surface area contributed by atoms with Crippen molar-refractivity contribution in [2.45, 2.75) is 19.9 Å². The van der Waals surface area contributed by atoms with Crippen molar-refractivity contribution in [3.8, 4) is 0 Å². The zero-order valence-corrected chi connectivity index (χ0v) is 10.1. The van der Waals surface area contributed by atoms with Gasteiger partial charge in [-0.2, -0.15) is 0 Å². The van der Waals surface area contributed by atoms with Crippen LogP contribution in [0.4, 0.5) is 4.39 Å². The molecule has 0 saturated heterocycles. The molecule has 0 aliphatic heterocycles. The fraction of sp³-hybridized carbons (Fsp3) is 0.231. The third-order valence-corrected chi connectivity index (χ3v) is 3.60. The van der Waals surface area contributed by atoms with Crippen LogP contribution in [0.2, 0.25) is 0 Å². The Hall–Kier alpha value is -1.19. The monoisotopic (exact) mass is 235 g/mol. The van der Waals surface area contributed by atoms with E-state index in [2.05, 4.69) is 13.0 Å². The van der Waals surface area contributed by atoms with Gasteiger partial charge in [0.1, 0.15) is 5.82 Å². The van der Waals surface area contributed by atoms with E-state index in [4.69, 9.17) is 5.73 Å². The number of halogens is 1. The summed E-state index contributed by atoms with van der Waals surface area (Å²) in [4.78, 5) is 2.44. The number of hydrogen-bond acceptors (Lipinski definition) is 2. The minimum atomic E-state index is -0.238. The van der Waals surface area contributed by atoms with E-state index < -0.39 is 0 Å². The Kier molecular flexibility index (Phi) is 3.08. The molecule has 3 heteroatoms. The summed E-state index contributed by atoms with van der Waals surface area (Å²) in [7, 11) is 0. The van der Waals surface area contributed by atoms with Gasteiger partial charge in [0.25, 0.3) is 0 Å². The number of aryl methyl sites for hydroxylation is 2. The van der Waals surface area contributed by atoms with Gasteiger partial charge >= 0.3 is 0 Å². The molecule has 0 aliphatic carbocycles. The summed E-state index contributed by atoms with van der Waals surface area (Å²) in [5, 5.41) is 0. The maximum absolute atomic E-state index is 13.1. The maximum atomic E-state index is 13.1. The number of thiophene rings is 1. The molecule has 0 aliphatic rings. The van der Waals surface area contributed by atoms with Gasteiger partial charge in [-0.25, -0.2) is 4.39 Å². The smallest absolute Gasteiger partial charge is 0.123 e. The first-order chi connectivity index (χ1) is 7.58. The lowest BCUT2D eigenvalue weighted by molar-refractivity contribution is 0.623. The van der Waals surface area contributed by atoms with Gasteiger partial charge in [-0.15, -0.1) is 11.3 Å². The normalized spacial score (nSPS) is 12.8. The minimum Gasteiger partial charge on any atom is -0.320 e. The van der Waals surface area contributed by atoms with Gasteiger partial charge in [0.05, 0.1) is 6.04 Å². The highest BCUT2D eigenvalue weighted by molar-refractivity contribution is 7.12. The number of hydrogen-bond donors (Lipinski definition) is 1. The lowest BCUT2D eigenvalue weighted by atomic mass is 10.00. The molecule has 0 fully saturated rings. The van der Waals surface area contributed by atoms with Gasteiger partial charge in [-0.05, 0) is 43.2 Å². The molecule has 2 N–H and O–H groups in total. The molecule has 0 saturated carbocycles. The Balaban J connectivity index is 2.38. The number of benzene rings is 1. The second-order valence-corrected chi connectivity index (χ2v) is 5.36. The minimum absolute atomic E-state index is 0.236. The Morgan fingerprint density at radius 3 is 2.56 bits per heavy atom. The van der Waals surface area contributed by atoms with Crippen molar-refractivity contribution in [2.75, 3.05) is 0 Å². The van der Waals surface area contributed by atoms with E-state index in [9.17, 15) is 4.39 Å². The molecule has 1 heterocycles. The van der Waals surface area contributed by atoms with Crippen LogP contribution in [0.5, 0.6) is 0 Å². The summed E-state index contributed by atoms with van der Waals surface area (Å²) >= 11 is 1.72. The molecule has 1 aromatic heterocycles. The molecule has 1 aromatic carbocycles. The van der Waals surface area contributed by atoms with Gasteiger partial charge in [0, 0.05) is 9.75 Å². The molecule has 2 rings (SSSR count). The maximum Gasteiger partial charge on any atom is 0.123 e. The van der Waals surface area contributed by atoms with E-state index in [0.29, 0.717) is 0 Å². The summed E-state index contributed by atoms with van der Waals surface area (Å²) in [6.45, 7) is 4.10. The summed E-state index contributed by atoms with van der Waals surface area (Å²) in [6, 6.07) is 8.33. The molecule has 0 bridgehead atoms. The average Bonchev–Trinajstić information content (AvgIpc) is 2.57. The fourth-order valence-corrected chi connectivity index (χ4v) is 2.81. The summed E-state index contributed by atoms with van der Waals surface area (Å²) in [5.74, 6) is -0.238. The molecular weight excluding hydrogens is 221 g/mol. The van der Waals surface area contributed by atoms with E-state index in [1.54, 1.807) is 17.4 Å². The molecule has 0 spiro atoms. The van der Waals surface area contributed by atoms with E-state index in [0.717, 1.165) is 11.1 Å². The second-order valence-electron chi connectivity index (χ2n) is 3.90. The van der Waals surface area contributed by atoms with E-state index in [-0.39, 0.29) is 11.9 Å². The first-order valence-electron chi connectivity index (χ1n) is 5.16. The molecule has 1 unspecified atom stereocenters. The van der Waals surface area contributed by atoms with Crippen molar-refractivity contribution in [1.82, 2.24) is 0 Å². The van der Waals surface area contributed by atoms with Gasteiger partial charge in [-0.3, -0.25) is 0 Å². The molecule has 1 atom stereocenters. The fourth-order valence-electron chi connectivity index (χ4n) is 1.84. The quantitative estimate of drug-likeness (QED) is 0.846. The van der Waals surface area contributed by atoms with Gasteiger partial charge < -0.3 is 5.73 Å². The Morgan fingerprint density at radius 2 is 2.00 bits per heavy atom. The number of rotatable bonds is 2. The second kappa shape index (κ2) is 4.36. The van der Waals surface area contributed by atoms with Crippen LogP contribution in [0.25, 0.3) is 0 Å². The predicted molar refractivity (Wildman–Crippen MR) is 66.2 cm³/mol. The van der Waals surface area contributed by atoms with Crippen LogP contribution in [0.15, 0.2) is 30.3 Å². The van der Waals surface area contributed by atoms with Crippen LogP contribution in [0, 0.1) is 19.7 Å². The van der Waals surface area contributed by atoms with Crippen molar-refractivity contribution < 1.29 is 4.39 Å².